The zero-order chi connectivity index (χ0) is 16.0. The Balaban J connectivity index is 2.14. The van der Waals surface area contributed by atoms with E-state index in [2.05, 4.69) is 5.32 Å². The number of hydrogen-bond acceptors (Lipinski definition) is 4. The van der Waals surface area contributed by atoms with Gasteiger partial charge in [0.2, 0.25) is 0 Å². The molecule has 118 valence electrons. The van der Waals surface area contributed by atoms with E-state index in [9.17, 15) is 12.8 Å². The van der Waals surface area contributed by atoms with Crippen molar-refractivity contribution in [2.75, 3.05) is 23.7 Å². The van der Waals surface area contributed by atoms with E-state index in [1.807, 2.05) is 0 Å². The lowest BCUT2D eigenvalue weighted by atomic mass is 10.3. The van der Waals surface area contributed by atoms with Gasteiger partial charge in [-0.1, -0.05) is 18.2 Å². The van der Waals surface area contributed by atoms with E-state index in [0.29, 0.717) is 5.69 Å². The van der Waals surface area contributed by atoms with E-state index in [1.54, 1.807) is 18.2 Å². The van der Waals surface area contributed by atoms with Crippen LogP contribution in [0.25, 0.3) is 0 Å². The van der Waals surface area contributed by atoms with E-state index in [0.717, 1.165) is 0 Å². The van der Waals surface area contributed by atoms with Crippen LogP contribution in [0.4, 0.5) is 10.1 Å². The van der Waals surface area contributed by atoms with Gasteiger partial charge >= 0.3 is 0 Å². The third-order valence-electron chi connectivity index (χ3n) is 2.83. The van der Waals surface area contributed by atoms with Crippen LogP contribution in [0.15, 0.2) is 53.4 Å². The molecule has 1 N–H and O–H groups in total. The Kier molecular flexibility index (Phi) is 5.63. The van der Waals surface area contributed by atoms with Gasteiger partial charge < -0.3 is 10.1 Å². The number of alkyl halides is 1. The second-order valence-corrected chi connectivity index (χ2v) is 6.79. The molecule has 0 aliphatic carbocycles. The fraction of sp³-hybridized carbons (Fsp3) is 0.200. The molecule has 0 unspecified atom stereocenters. The third-order valence-corrected chi connectivity index (χ3v) is 4.50. The van der Waals surface area contributed by atoms with Crippen molar-refractivity contribution in [3.8, 4) is 5.75 Å². The van der Waals surface area contributed by atoms with Crippen molar-refractivity contribution < 1.29 is 17.5 Å². The van der Waals surface area contributed by atoms with Gasteiger partial charge in [0.05, 0.1) is 16.5 Å². The number of benzene rings is 2. The molecule has 22 heavy (non-hydrogen) atoms. The molecule has 4 nitrogen and oxygen atoms in total. The standard InChI is InChI=1S/C15H15ClFNO3S/c16-8-9-21-15-10-12(17)6-7-14(15)18-11-22(19,20)13-4-2-1-3-5-13/h1-7,10,18H,8-9,11H2. The van der Waals surface area contributed by atoms with Crippen LogP contribution in [-0.4, -0.2) is 26.8 Å². The Hall–Kier alpha value is -1.79. The molecule has 0 aliphatic rings. The Bertz CT molecular complexity index is 723. The zero-order valence-corrected chi connectivity index (χ0v) is 13.2. The van der Waals surface area contributed by atoms with Gasteiger partial charge in [0.25, 0.3) is 0 Å². The number of hydrogen-bond donors (Lipinski definition) is 1. The summed E-state index contributed by atoms with van der Waals surface area (Å²) in [6.45, 7) is 0.200. The molecular weight excluding hydrogens is 329 g/mol. The average molecular weight is 344 g/mol. The molecule has 0 saturated heterocycles. The Morgan fingerprint density at radius 3 is 2.55 bits per heavy atom. The summed E-state index contributed by atoms with van der Waals surface area (Å²) in [5.74, 6) is -0.317. The molecule has 0 spiro atoms. The molecule has 2 rings (SSSR count). The van der Waals surface area contributed by atoms with Gasteiger partial charge in [0, 0.05) is 6.07 Å². The number of halogens is 2. The van der Waals surface area contributed by atoms with Crippen LogP contribution < -0.4 is 10.1 Å². The van der Waals surface area contributed by atoms with Crippen molar-refractivity contribution >= 4 is 27.1 Å². The largest absolute Gasteiger partial charge is 0.490 e. The van der Waals surface area contributed by atoms with Crippen molar-refractivity contribution in [1.82, 2.24) is 0 Å². The molecule has 0 fully saturated rings. The predicted octanol–water partition coefficient (Wildman–Crippen LogP) is 3.29. The van der Waals surface area contributed by atoms with E-state index in [-0.39, 0.29) is 29.0 Å². The molecule has 2 aromatic carbocycles. The summed E-state index contributed by atoms with van der Waals surface area (Å²) in [5.41, 5.74) is 0.394. The predicted molar refractivity (Wildman–Crippen MR) is 84.7 cm³/mol. The Labute approximate surface area is 133 Å². The minimum absolute atomic E-state index is 0.200. The summed E-state index contributed by atoms with van der Waals surface area (Å²) in [6.07, 6.45) is 0. The first-order chi connectivity index (χ1) is 10.5. The number of rotatable bonds is 7. The second kappa shape index (κ2) is 7.47. The molecule has 0 atom stereocenters. The maximum atomic E-state index is 13.3. The first kappa shape index (κ1) is 16.6. The van der Waals surface area contributed by atoms with E-state index < -0.39 is 15.7 Å². The minimum Gasteiger partial charge on any atom is -0.490 e. The topological polar surface area (TPSA) is 55.4 Å². The van der Waals surface area contributed by atoms with Crippen molar-refractivity contribution in [2.45, 2.75) is 4.90 Å². The summed E-state index contributed by atoms with van der Waals surface area (Å²) in [4.78, 5) is 0.216. The van der Waals surface area contributed by atoms with Crippen LogP contribution in [-0.2, 0) is 9.84 Å². The van der Waals surface area contributed by atoms with Crippen molar-refractivity contribution in [2.24, 2.45) is 0 Å². The van der Waals surface area contributed by atoms with Gasteiger partial charge in [-0.15, -0.1) is 11.6 Å². The summed E-state index contributed by atoms with van der Waals surface area (Å²) in [6, 6.07) is 11.9. The molecule has 0 amide bonds. The Morgan fingerprint density at radius 1 is 1.14 bits per heavy atom. The normalized spacial score (nSPS) is 11.2. The van der Waals surface area contributed by atoms with Crippen LogP contribution in [0.3, 0.4) is 0 Å². The third kappa shape index (κ3) is 4.35. The summed E-state index contributed by atoms with van der Waals surface area (Å²) in [7, 11) is -3.49. The number of ether oxygens (including phenoxy) is 1. The molecule has 0 aromatic heterocycles. The van der Waals surface area contributed by atoms with Gasteiger partial charge in [0.15, 0.2) is 9.84 Å². The molecular formula is C15H15ClFNO3S. The minimum atomic E-state index is -3.49. The number of nitrogens with one attached hydrogen (secondary N) is 1. The highest BCUT2D eigenvalue weighted by molar-refractivity contribution is 7.91. The van der Waals surface area contributed by atoms with Gasteiger partial charge in [-0.25, -0.2) is 12.8 Å². The van der Waals surface area contributed by atoms with Gasteiger partial charge in [-0.2, -0.15) is 0 Å². The van der Waals surface area contributed by atoms with Crippen LogP contribution in [0.2, 0.25) is 0 Å². The smallest absolute Gasteiger partial charge is 0.196 e. The summed E-state index contributed by atoms with van der Waals surface area (Å²) in [5, 5.41) is 2.77. The highest BCUT2D eigenvalue weighted by atomic mass is 35.5. The van der Waals surface area contributed by atoms with Crippen molar-refractivity contribution in [1.29, 1.82) is 0 Å². The molecule has 0 radical (unpaired) electrons. The van der Waals surface area contributed by atoms with Crippen LogP contribution in [0.5, 0.6) is 5.75 Å². The first-order valence-electron chi connectivity index (χ1n) is 6.53. The van der Waals surface area contributed by atoms with Gasteiger partial charge in [0.1, 0.15) is 24.1 Å². The van der Waals surface area contributed by atoms with Gasteiger partial charge in [-0.05, 0) is 24.3 Å². The lowest BCUT2D eigenvalue weighted by Crippen LogP contribution is -2.15. The highest BCUT2D eigenvalue weighted by Gasteiger charge is 2.15. The molecule has 7 heteroatoms. The maximum absolute atomic E-state index is 13.3. The fourth-order valence-corrected chi connectivity index (χ4v) is 2.96. The van der Waals surface area contributed by atoms with E-state index in [1.165, 1.54) is 30.3 Å². The van der Waals surface area contributed by atoms with Crippen molar-refractivity contribution in [3.63, 3.8) is 0 Å². The quantitative estimate of drug-likeness (QED) is 0.784. The molecule has 0 heterocycles. The molecule has 0 aliphatic heterocycles. The monoisotopic (exact) mass is 343 g/mol. The van der Waals surface area contributed by atoms with Crippen LogP contribution in [0.1, 0.15) is 0 Å². The molecule has 2 aromatic rings. The SMILES string of the molecule is O=S(=O)(CNc1ccc(F)cc1OCCCl)c1ccccc1. The lowest BCUT2D eigenvalue weighted by molar-refractivity contribution is 0.342. The number of sulfone groups is 1. The summed E-state index contributed by atoms with van der Waals surface area (Å²) < 4.78 is 43.0. The average Bonchev–Trinajstić information content (AvgIpc) is 2.53. The molecule has 0 saturated carbocycles. The number of anilines is 1. The second-order valence-electron chi connectivity index (χ2n) is 4.43. The van der Waals surface area contributed by atoms with E-state index in [4.69, 9.17) is 16.3 Å². The zero-order valence-electron chi connectivity index (χ0n) is 11.6. The van der Waals surface area contributed by atoms with Crippen LogP contribution in [0, 0.1) is 5.82 Å². The summed E-state index contributed by atoms with van der Waals surface area (Å²) >= 11 is 5.54. The lowest BCUT2D eigenvalue weighted by Gasteiger charge is -2.13. The van der Waals surface area contributed by atoms with Crippen molar-refractivity contribution in [3.05, 3.63) is 54.3 Å². The fourth-order valence-electron chi connectivity index (χ4n) is 1.79. The first-order valence-corrected chi connectivity index (χ1v) is 8.71. The highest BCUT2D eigenvalue weighted by Crippen LogP contribution is 2.26. The van der Waals surface area contributed by atoms with Crippen LogP contribution >= 0.6 is 11.6 Å². The van der Waals surface area contributed by atoms with E-state index >= 15 is 0 Å². The van der Waals surface area contributed by atoms with Gasteiger partial charge in [-0.3, -0.25) is 0 Å². The Morgan fingerprint density at radius 2 is 1.86 bits per heavy atom. The molecule has 0 bridgehead atoms. The maximum Gasteiger partial charge on any atom is 0.196 e.